The predicted molar refractivity (Wildman–Crippen MR) is 61.0 cm³/mol. The second-order valence-corrected chi connectivity index (χ2v) is 6.34. The maximum absolute atomic E-state index is 11.5. The van der Waals surface area contributed by atoms with E-state index < -0.39 is 20.9 Å². The first kappa shape index (κ1) is 11.5. The van der Waals surface area contributed by atoms with Crippen molar-refractivity contribution in [3.05, 3.63) is 42.5 Å². The zero-order valence-electron chi connectivity index (χ0n) is 8.32. The van der Waals surface area contributed by atoms with Gasteiger partial charge in [0.15, 0.2) is 0 Å². The Bertz CT molecular complexity index is 314. The molecular formula is C12H14OTe. The first-order valence-corrected chi connectivity index (χ1v) is 6.93. The Labute approximate surface area is 95.3 Å². The van der Waals surface area contributed by atoms with E-state index in [1.54, 1.807) is 6.08 Å². The maximum atomic E-state index is 11.5. The van der Waals surface area contributed by atoms with E-state index >= 15 is 0 Å². The van der Waals surface area contributed by atoms with Gasteiger partial charge in [-0.2, -0.15) is 0 Å². The summed E-state index contributed by atoms with van der Waals surface area (Å²) in [7, 11) is 0. The summed E-state index contributed by atoms with van der Waals surface area (Å²) >= 11 is -0.629. The van der Waals surface area contributed by atoms with Gasteiger partial charge in [0, 0.05) is 0 Å². The van der Waals surface area contributed by atoms with Crippen molar-refractivity contribution in [2.45, 2.75) is 19.8 Å². The van der Waals surface area contributed by atoms with Crippen LogP contribution >= 0.6 is 0 Å². The second kappa shape index (κ2) is 6.01. The van der Waals surface area contributed by atoms with Gasteiger partial charge >= 0.3 is 95.4 Å². The van der Waals surface area contributed by atoms with Crippen LogP contribution in [0.25, 0.3) is 0 Å². The van der Waals surface area contributed by atoms with E-state index in [1.165, 1.54) is 9.17 Å². The standard InChI is InChI=1S/C12H14OTe/c1-3-4-5-12(13)14-11-8-6-10(2)7-9-11/h3,6-9H,1,4-5H2,2H3. The van der Waals surface area contributed by atoms with Gasteiger partial charge in [-0.1, -0.05) is 0 Å². The number of hydrogen-bond acceptors (Lipinski definition) is 1. The molecule has 0 spiro atoms. The quantitative estimate of drug-likeness (QED) is 0.599. The fourth-order valence-electron chi connectivity index (χ4n) is 1.01. The van der Waals surface area contributed by atoms with Gasteiger partial charge in [-0.15, -0.1) is 0 Å². The minimum atomic E-state index is -0.629. The molecule has 0 N–H and O–H groups in total. The number of carbonyl (C=O) groups excluding carboxylic acids is 1. The number of benzene rings is 1. The molecule has 0 fully saturated rings. The average Bonchev–Trinajstić information content (AvgIpc) is 2.18. The summed E-state index contributed by atoms with van der Waals surface area (Å²) < 4.78 is 1.65. The van der Waals surface area contributed by atoms with Crippen LogP contribution < -0.4 is 3.61 Å². The van der Waals surface area contributed by atoms with Crippen LogP contribution in [0.1, 0.15) is 18.4 Å². The van der Waals surface area contributed by atoms with Crippen LogP contribution in [0.3, 0.4) is 0 Å². The van der Waals surface area contributed by atoms with Crippen LogP contribution in [0, 0.1) is 6.92 Å². The molecule has 0 saturated carbocycles. The zero-order chi connectivity index (χ0) is 10.4. The van der Waals surface area contributed by atoms with Gasteiger partial charge in [-0.05, 0) is 0 Å². The number of hydrogen-bond donors (Lipinski definition) is 0. The van der Waals surface area contributed by atoms with Crippen molar-refractivity contribution in [3.8, 4) is 0 Å². The number of allylic oxidation sites excluding steroid dienone is 1. The summed E-state index contributed by atoms with van der Waals surface area (Å²) in [6.07, 6.45) is 3.29. The molecule has 74 valence electrons. The predicted octanol–water partition coefficient (Wildman–Crippen LogP) is 1.82. The van der Waals surface area contributed by atoms with E-state index in [1.807, 2.05) is 0 Å². The molecule has 0 aromatic heterocycles. The fraction of sp³-hybridized carbons (Fsp3) is 0.250. The van der Waals surface area contributed by atoms with E-state index in [-0.39, 0.29) is 0 Å². The van der Waals surface area contributed by atoms with Gasteiger partial charge in [-0.25, -0.2) is 0 Å². The Hall–Kier alpha value is -0.580. The molecule has 0 saturated heterocycles. The van der Waals surface area contributed by atoms with Crippen LogP contribution in [-0.2, 0) is 4.79 Å². The van der Waals surface area contributed by atoms with Gasteiger partial charge in [-0.3, -0.25) is 0 Å². The SMILES string of the molecule is C=CCCC(=O)[Te]c1ccc(C)cc1. The molecular weight excluding hydrogens is 288 g/mol. The van der Waals surface area contributed by atoms with Crippen LogP contribution in [0.2, 0.25) is 0 Å². The average molecular weight is 302 g/mol. The van der Waals surface area contributed by atoms with E-state index in [2.05, 4.69) is 37.8 Å². The summed E-state index contributed by atoms with van der Waals surface area (Å²) in [6.45, 7) is 5.67. The summed E-state index contributed by atoms with van der Waals surface area (Å²) in [4.78, 5) is 11.5. The van der Waals surface area contributed by atoms with Gasteiger partial charge in [0.2, 0.25) is 0 Å². The molecule has 1 nitrogen and oxygen atoms in total. The van der Waals surface area contributed by atoms with Crippen molar-refractivity contribution >= 4 is 28.4 Å². The summed E-state index contributed by atoms with van der Waals surface area (Å²) in [5.74, 6) is 0. The summed E-state index contributed by atoms with van der Waals surface area (Å²) in [5.41, 5.74) is 1.25. The monoisotopic (exact) mass is 304 g/mol. The molecule has 1 rings (SSSR count). The Morgan fingerprint density at radius 2 is 2.07 bits per heavy atom. The molecule has 0 aliphatic heterocycles. The Kier molecular flexibility index (Phi) is 4.93. The molecule has 0 bridgehead atoms. The number of rotatable bonds is 5. The van der Waals surface area contributed by atoms with Gasteiger partial charge < -0.3 is 0 Å². The Morgan fingerprint density at radius 1 is 1.43 bits per heavy atom. The van der Waals surface area contributed by atoms with E-state index in [0.717, 1.165) is 6.42 Å². The molecule has 0 aliphatic carbocycles. The van der Waals surface area contributed by atoms with Gasteiger partial charge in [0.1, 0.15) is 0 Å². The van der Waals surface area contributed by atoms with Crippen molar-refractivity contribution in [1.82, 2.24) is 0 Å². The normalized spacial score (nSPS) is 9.79. The molecule has 0 atom stereocenters. The van der Waals surface area contributed by atoms with Crippen LogP contribution in [-0.4, -0.2) is 24.8 Å². The first-order chi connectivity index (χ1) is 6.72. The fourth-order valence-corrected chi connectivity index (χ4v) is 3.16. The molecule has 0 aliphatic rings. The van der Waals surface area contributed by atoms with E-state index in [4.69, 9.17) is 0 Å². The van der Waals surface area contributed by atoms with E-state index in [0.29, 0.717) is 10.3 Å². The van der Waals surface area contributed by atoms with E-state index in [9.17, 15) is 4.79 Å². The molecule has 0 unspecified atom stereocenters. The van der Waals surface area contributed by atoms with Crippen molar-refractivity contribution in [2.24, 2.45) is 0 Å². The third kappa shape index (κ3) is 4.09. The molecule has 14 heavy (non-hydrogen) atoms. The number of aryl methyl sites for hydroxylation is 1. The molecule has 2 heteroatoms. The van der Waals surface area contributed by atoms with Crippen molar-refractivity contribution in [3.63, 3.8) is 0 Å². The van der Waals surface area contributed by atoms with Gasteiger partial charge in [0.25, 0.3) is 0 Å². The number of carbonyl (C=O) groups is 1. The van der Waals surface area contributed by atoms with Crippen LogP contribution in [0.4, 0.5) is 0 Å². The van der Waals surface area contributed by atoms with Crippen molar-refractivity contribution < 1.29 is 4.79 Å². The van der Waals surface area contributed by atoms with Crippen molar-refractivity contribution in [2.75, 3.05) is 0 Å². The summed E-state index contributed by atoms with van der Waals surface area (Å²) in [6, 6.07) is 8.29. The summed E-state index contributed by atoms with van der Waals surface area (Å²) in [5, 5.41) is 0. The molecule has 0 radical (unpaired) electrons. The Balaban J connectivity index is 2.47. The second-order valence-electron chi connectivity index (χ2n) is 3.11. The van der Waals surface area contributed by atoms with Crippen LogP contribution in [0.15, 0.2) is 36.9 Å². The Morgan fingerprint density at radius 3 is 2.64 bits per heavy atom. The third-order valence-corrected chi connectivity index (χ3v) is 4.49. The van der Waals surface area contributed by atoms with Crippen molar-refractivity contribution in [1.29, 1.82) is 0 Å². The molecule has 1 aromatic carbocycles. The zero-order valence-corrected chi connectivity index (χ0v) is 10.7. The first-order valence-electron chi connectivity index (χ1n) is 4.60. The molecule has 1 aromatic rings. The topological polar surface area (TPSA) is 17.1 Å². The minimum absolute atomic E-state index is 0.416. The van der Waals surface area contributed by atoms with Crippen LogP contribution in [0.5, 0.6) is 0 Å². The molecule has 0 amide bonds. The molecule has 0 heterocycles. The van der Waals surface area contributed by atoms with Gasteiger partial charge in [0.05, 0.1) is 0 Å². The third-order valence-electron chi connectivity index (χ3n) is 1.81.